The maximum atomic E-state index is 9.38. The van der Waals surface area contributed by atoms with Crippen molar-refractivity contribution in [1.82, 2.24) is 0 Å². The van der Waals surface area contributed by atoms with Gasteiger partial charge in [-0.05, 0) is 32.0 Å². The fourth-order valence-electron chi connectivity index (χ4n) is 1.76. The lowest BCUT2D eigenvalue weighted by Crippen LogP contribution is -2.28. The van der Waals surface area contributed by atoms with Gasteiger partial charge in [-0.2, -0.15) is 0 Å². The molecule has 0 saturated heterocycles. The molecule has 96 valence electrons. The van der Waals surface area contributed by atoms with Gasteiger partial charge in [-0.3, -0.25) is 0 Å². The smallest absolute Gasteiger partial charge is 0.0702 e. The Morgan fingerprint density at radius 1 is 1.35 bits per heavy atom. The Bertz CT molecular complexity index is 344. The molecule has 4 heteroatoms. The third-order valence-electron chi connectivity index (χ3n) is 2.64. The van der Waals surface area contributed by atoms with Crippen LogP contribution in [-0.2, 0) is 11.3 Å². The zero-order chi connectivity index (χ0) is 12.7. The van der Waals surface area contributed by atoms with Crippen LogP contribution in [0.25, 0.3) is 0 Å². The van der Waals surface area contributed by atoms with Gasteiger partial charge < -0.3 is 14.7 Å². The van der Waals surface area contributed by atoms with E-state index >= 15 is 0 Å². The van der Waals surface area contributed by atoms with E-state index in [0.717, 1.165) is 35.4 Å². The van der Waals surface area contributed by atoms with Crippen LogP contribution < -0.4 is 4.90 Å². The molecule has 0 aliphatic carbocycles. The number of benzene rings is 1. The van der Waals surface area contributed by atoms with Crippen molar-refractivity contribution in [2.45, 2.75) is 20.5 Å². The van der Waals surface area contributed by atoms with Crippen molar-refractivity contribution < 1.29 is 9.84 Å². The maximum absolute atomic E-state index is 9.38. The molecule has 0 spiro atoms. The summed E-state index contributed by atoms with van der Waals surface area (Å²) in [5.41, 5.74) is 2.02. The second-order valence-electron chi connectivity index (χ2n) is 3.71. The molecule has 1 aromatic carbocycles. The quantitative estimate of drug-likeness (QED) is 0.786. The molecule has 1 N–H and O–H groups in total. The zero-order valence-electron chi connectivity index (χ0n) is 10.4. The number of likely N-dealkylation sites (N-methyl/N-ethyl adjacent to an activating group) is 1. The van der Waals surface area contributed by atoms with Gasteiger partial charge >= 0.3 is 0 Å². The second-order valence-corrected chi connectivity index (χ2v) is 4.62. The number of ether oxygens (including phenoxy) is 1. The maximum Gasteiger partial charge on any atom is 0.0702 e. The molecule has 0 aliphatic heterocycles. The molecule has 0 bridgehead atoms. The number of hydrogen-bond acceptors (Lipinski definition) is 3. The third kappa shape index (κ3) is 4.30. The van der Waals surface area contributed by atoms with Crippen LogP contribution in [0.3, 0.4) is 0 Å². The minimum absolute atomic E-state index is 0.0555. The van der Waals surface area contributed by atoms with E-state index in [0.29, 0.717) is 6.61 Å². The topological polar surface area (TPSA) is 32.7 Å². The minimum Gasteiger partial charge on any atom is -0.392 e. The van der Waals surface area contributed by atoms with Crippen LogP contribution >= 0.6 is 15.9 Å². The molecule has 0 aliphatic rings. The monoisotopic (exact) mass is 301 g/mol. The predicted molar refractivity (Wildman–Crippen MR) is 74.4 cm³/mol. The van der Waals surface area contributed by atoms with E-state index in [9.17, 15) is 5.11 Å². The Morgan fingerprint density at radius 2 is 2.12 bits per heavy atom. The average Bonchev–Trinajstić information content (AvgIpc) is 2.35. The number of halogens is 1. The summed E-state index contributed by atoms with van der Waals surface area (Å²) >= 11 is 3.42. The number of anilines is 1. The summed E-state index contributed by atoms with van der Waals surface area (Å²) < 4.78 is 6.36. The SMILES string of the molecule is CCOCCN(CC)c1ccc(Br)cc1CO. The third-order valence-corrected chi connectivity index (χ3v) is 3.14. The Balaban J connectivity index is 2.79. The highest BCUT2D eigenvalue weighted by molar-refractivity contribution is 9.10. The largest absolute Gasteiger partial charge is 0.392 e. The van der Waals surface area contributed by atoms with Crippen molar-refractivity contribution in [2.24, 2.45) is 0 Å². The van der Waals surface area contributed by atoms with Gasteiger partial charge in [-0.1, -0.05) is 15.9 Å². The summed E-state index contributed by atoms with van der Waals surface area (Å²) in [5.74, 6) is 0. The molecule has 0 aromatic heterocycles. The molecular weight excluding hydrogens is 282 g/mol. The Morgan fingerprint density at radius 3 is 2.71 bits per heavy atom. The zero-order valence-corrected chi connectivity index (χ0v) is 12.0. The molecule has 0 radical (unpaired) electrons. The molecule has 0 unspecified atom stereocenters. The Kier molecular flexibility index (Phi) is 6.55. The van der Waals surface area contributed by atoms with Gasteiger partial charge in [0.1, 0.15) is 0 Å². The first-order valence-electron chi connectivity index (χ1n) is 5.94. The summed E-state index contributed by atoms with van der Waals surface area (Å²) in [6.07, 6.45) is 0. The van der Waals surface area contributed by atoms with Crippen LogP contribution in [0.15, 0.2) is 22.7 Å². The van der Waals surface area contributed by atoms with Gasteiger partial charge in [0.25, 0.3) is 0 Å². The fourth-order valence-corrected chi connectivity index (χ4v) is 2.17. The molecule has 0 saturated carbocycles. The molecule has 1 rings (SSSR count). The van der Waals surface area contributed by atoms with Gasteiger partial charge in [-0.25, -0.2) is 0 Å². The van der Waals surface area contributed by atoms with E-state index in [4.69, 9.17) is 4.74 Å². The molecular formula is C13H20BrNO2. The van der Waals surface area contributed by atoms with Crippen LogP contribution in [0.5, 0.6) is 0 Å². The molecule has 0 amide bonds. The molecule has 1 aromatic rings. The number of aliphatic hydroxyl groups is 1. The van der Waals surface area contributed by atoms with E-state index < -0.39 is 0 Å². The van der Waals surface area contributed by atoms with E-state index in [1.54, 1.807) is 0 Å². The average molecular weight is 302 g/mol. The van der Waals surface area contributed by atoms with E-state index in [2.05, 4.69) is 27.8 Å². The first-order chi connectivity index (χ1) is 8.22. The lowest BCUT2D eigenvalue weighted by molar-refractivity contribution is 0.154. The Hall–Kier alpha value is -0.580. The highest BCUT2D eigenvalue weighted by Crippen LogP contribution is 2.24. The van der Waals surface area contributed by atoms with Crippen LogP contribution in [0.2, 0.25) is 0 Å². The van der Waals surface area contributed by atoms with E-state index in [1.165, 1.54) is 0 Å². The van der Waals surface area contributed by atoms with Crippen LogP contribution in [-0.4, -0.2) is 31.4 Å². The molecule has 0 atom stereocenters. The molecule has 17 heavy (non-hydrogen) atoms. The van der Waals surface area contributed by atoms with Gasteiger partial charge in [0.2, 0.25) is 0 Å². The first-order valence-corrected chi connectivity index (χ1v) is 6.74. The lowest BCUT2D eigenvalue weighted by atomic mass is 10.1. The predicted octanol–water partition coefficient (Wildman–Crippen LogP) is 2.80. The summed E-state index contributed by atoms with van der Waals surface area (Å²) in [5, 5.41) is 9.38. The van der Waals surface area contributed by atoms with Crippen LogP contribution in [0.1, 0.15) is 19.4 Å². The van der Waals surface area contributed by atoms with Crippen molar-refractivity contribution >= 4 is 21.6 Å². The molecule has 0 fully saturated rings. The summed E-state index contributed by atoms with van der Waals surface area (Å²) in [6, 6.07) is 5.99. The number of aliphatic hydroxyl groups excluding tert-OH is 1. The van der Waals surface area contributed by atoms with Crippen molar-refractivity contribution in [3.8, 4) is 0 Å². The van der Waals surface area contributed by atoms with Gasteiger partial charge in [0.05, 0.1) is 13.2 Å². The lowest BCUT2D eigenvalue weighted by Gasteiger charge is -2.25. The standard InChI is InChI=1S/C13H20BrNO2/c1-3-15(7-8-17-4-2)13-6-5-12(14)9-11(13)10-16/h5-6,9,16H,3-4,7-8,10H2,1-2H3. The number of hydrogen-bond donors (Lipinski definition) is 1. The summed E-state index contributed by atoms with van der Waals surface area (Å²) in [6.45, 7) is 7.36. The van der Waals surface area contributed by atoms with Gasteiger partial charge in [-0.15, -0.1) is 0 Å². The molecule has 3 nitrogen and oxygen atoms in total. The highest BCUT2D eigenvalue weighted by atomic mass is 79.9. The van der Waals surface area contributed by atoms with E-state index in [1.807, 2.05) is 25.1 Å². The number of rotatable bonds is 7. The van der Waals surface area contributed by atoms with E-state index in [-0.39, 0.29) is 6.61 Å². The fraction of sp³-hybridized carbons (Fsp3) is 0.538. The van der Waals surface area contributed by atoms with Crippen molar-refractivity contribution in [3.63, 3.8) is 0 Å². The number of nitrogens with zero attached hydrogens (tertiary/aromatic N) is 1. The second kappa shape index (κ2) is 7.69. The van der Waals surface area contributed by atoms with Crippen molar-refractivity contribution in [1.29, 1.82) is 0 Å². The van der Waals surface area contributed by atoms with Gasteiger partial charge in [0.15, 0.2) is 0 Å². The Labute approximate surface area is 112 Å². The first kappa shape index (κ1) is 14.5. The summed E-state index contributed by atoms with van der Waals surface area (Å²) in [7, 11) is 0. The van der Waals surface area contributed by atoms with Gasteiger partial charge in [0, 0.05) is 35.4 Å². The van der Waals surface area contributed by atoms with Crippen LogP contribution in [0, 0.1) is 0 Å². The van der Waals surface area contributed by atoms with Crippen molar-refractivity contribution in [3.05, 3.63) is 28.2 Å². The molecule has 0 heterocycles. The minimum atomic E-state index is 0.0555. The van der Waals surface area contributed by atoms with Crippen LogP contribution in [0.4, 0.5) is 5.69 Å². The van der Waals surface area contributed by atoms with Crippen molar-refractivity contribution in [2.75, 3.05) is 31.2 Å². The summed E-state index contributed by atoms with van der Waals surface area (Å²) in [4.78, 5) is 2.22. The highest BCUT2D eigenvalue weighted by Gasteiger charge is 2.09. The normalized spacial score (nSPS) is 10.6.